The maximum absolute atomic E-state index is 2.28. The van der Waals surface area contributed by atoms with E-state index in [0.717, 1.165) is 6.42 Å². The molecule has 86 valence electrons. The van der Waals surface area contributed by atoms with E-state index < -0.39 is 0 Å². The lowest BCUT2D eigenvalue weighted by Gasteiger charge is -2.37. The zero-order valence-corrected chi connectivity index (χ0v) is 10.2. The number of nitrogens with zero attached hydrogens (tertiary/aromatic N) is 3. The lowest BCUT2D eigenvalue weighted by Crippen LogP contribution is -2.46. The lowest BCUT2D eigenvalue weighted by molar-refractivity contribution is 0.0676. The fraction of sp³-hybridized carbons (Fsp3) is 0.385. The summed E-state index contributed by atoms with van der Waals surface area (Å²) >= 11 is 0. The standard InChI is InChI=1S/C13H19N3/c1-14-10-11-15(2)13(14)16(3)12-8-6-4-5-7-9-12/h4-6,8-11,13H,7H2,1-3H3. The Bertz CT molecular complexity index is 353. The van der Waals surface area contributed by atoms with Gasteiger partial charge in [-0.3, -0.25) is 0 Å². The predicted octanol–water partition coefficient (Wildman–Crippen LogP) is 1.95. The molecule has 1 aliphatic heterocycles. The summed E-state index contributed by atoms with van der Waals surface area (Å²) in [6.45, 7) is 0. The van der Waals surface area contributed by atoms with Gasteiger partial charge in [-0.1, -0.05) is 24.3 Å². The molecule has 3 heteroatoms. The Morgan fingerprint density at radius 3 is 2.56 bits per heavy atom. The number of hydrogen-bond donors (Lipinski definition) is 0. The quantitative estimate of drug-likeness (QED) is 0.700. The Kier molecular flexibility index (Phi) is 3.04. The van der Waals surface area contributed by atoms with Crippen LogP contribution in [0.5, 0.6) is 0 Å². The molecule has 0 N–H and O–H groups in total. The van der Waals surface area contributed by atoms with Crippen LogP contribution >= 0.6 is 0 Å². The molecule has 0 aromatic rings. The van der Waals surface area contributed by atoms with Crippen molar-refractivity contribution >= 4 is 0 Å². The van der Waals surface area contributed by atoms with Crippen LogP contribution in [0.3, 0.4) is 0 Å². The summed E-state index contributed by atoms with van der Waals surface area (Å²) in [6, 6.07) is 0. The molecule has 0 unspecified atom stereocenters. The van der Waals surface area contributed by atoms with Crippen LogP contribution in [0.15, 0.2) is 48.5 Å². The lowest BCUT2D eigenvalue weighted by atomic mass is 10.3. The van der Waals surface area contributed by atoms with Gasteiger partial charge >= 0.3 is 0 Å². The third kappa shape index (κ3) is 1.98. The number of hydrogen-bond acceptors (Lipinski definition) is 3. The summed E-state index contributed by atoms with van der Waals surface area (Å²) < 4.78 is 0. The second-order valence-electron chi connectivity index (χ2n) is 4.24. The van der Waals surface area contributed by atoms with Gasteiger partial charge in [-0.05, 0) is 12.5 Å². The van der Waals surface area contributed by atoms with Crippen molar-refractivity contribution in [3.05, 3.63) is 48.5 Å². The van der Waals surface area contributed by atoms with Gasteiger partial charge in [-0.2, -0.15) is 0 Å². The van der Waals surface area contributed by atoms with Crippen LogP contribution in [-0.2, 0) is 0 Å². The summed E-state index contributed by atoms with van der Waals surface area (Å²) in [6.07, 6.45) is 16.2. The number of likely N-dealkylation sites (N-methyl/N-ethyl adjacent to an activating group) is 1. The monoisotopic (exact) mass is 217 g/mol. The smallest absolute Gasteiger partial charge is 0.179 e. The minimum Gasteiger partial charge on any atom is -0.342 e. The molecule has 0 fully saturated rings. The molecule has 16 heavy (non-hydrogen) atoms. The first-order valence-corrected chi connectivity index (χ1v) is 5.58. The Hall–Kier alpha value is -1.64. The number of allylic oxidation sites excluding steroid dienone is 5. The van der Waals surface area contributed by atoms with Crippen molar-refractivity contribution in [3.63, 3.8) is 0 Å². The topological polar surface area (TPSA) is 9.72 Å². The molecule has 0 saturated heterocycles. The van der Waals surface area contributed by atoms with Gasteiger partial charge in [-0.15, -0.1) is 0 Å². The summed E-state index contributed by atoms with van der Waals surface area (Å²) in [5.41, 5.74) is 1.26. The van der Waals surface area contributed by atoms with Crippen LogP contribution in [0.2, 0.25) is 0 Å². The molecule has 3 nitrogen and oxygen atoms in total. The summed E-state index contributed by atoms with van der Waals surface area (Å²) in [7, 11) is 6.33. The van der Waals surface area contributed by atoms with Gasteiger partial charge < -0.3 is 14.7 Å². The Morgan fingerprint density at radius 2 is 1.88 bits per heavy atom. The third-order valence-electron chi connectivity index (χ3n) is 3.00. The van der Waals surface area contributed by atoms with Crippen molar-refractivity contribution in [3.8, 4) is 0 Å². The van der Waals surface area contributed by atoms with Crippen molar-refractivity contribution in [1.29, 1.82) is 0 Å². The summed E-state index contributed by atoms with van der Waals surface area (Å²) in [4.78, 5) is 6.68. The summed E-state index contributed by atoms with van der Waals surface area (Å²) in [5, 5.41) is 0. The Balaban J connectivity index is 2.13. The fourth-order valence-corrected chi connectivity index (χ4v) is 2.16. The molecule has 1 aliphatic carbocycles. The Labute approximate surface area is 97.6 Å². The maximum Gasteiger partial charge on any atom is 0.179 e. The molecule has 0 spiro atoms. The van der Waals surface area contributed by atoms with Gasteiger partial charge in [-0.25, -0.2) is 0 Å². The minimum absolute atomic E-state index is 0.272. The molecule has 2 rings (SSSR count). The largest absolute Gasteiger partial charge is 0.342 e. The van der Waals surface area contributed by atoms with Crippen LogP contribution in [0.1, 0.15) is 6.42 Å². The van der Waals surface area contributed by atoms with E-state index in [1.165, 1.54) is 5.70 Å². The average molecular weight is 217 g/mol. The second kappa shape index (κ2) is 4.47. The van der Waals surface area contributed by atoms with Crippen molar-refractivity contribution < 1.29 is 0 Å². The highest BCUT2D eigenvalue weighted by Crippen LogP contribution is 2.20. The van der Waals surface area contributed by atoms with E-state index >= 15 is 0 Å². The summed E-state index contributed by atoms with van der Waals surface area (Å²) in [5.74, 6) is 0. The van der Waals surface area contributed by atoms with E-state index in [0.29, 0.717) is 0 Å². The molecule has 0 aromatic carbocycles. The van der Waals surface area contributed by atoms with Gasteiger partial charge in [0.25, 0.3) is 0 Å². The van der Waals surface area contributed by atoms with Crippen LogP contribution in [0.25, 0.3) is 0 Å². The van der Waals surface area contributed by atoms with Gasteiger partial charge in [0.05, 0.1) is 0 Å². The van der Waals surface area contributed by atoms with Crippen molar-refractivity contribution in [2.75, 3.05) is 21.1 Å². The number of rotatable bonds is 2. The zero-order valence-electron chi connectivity index (χ0n) is 10.2. The van der Waals surface area contributed by atoms with Crippen LogP contribution < -0.4 is 0 Å². The molecular weight excluding hydrogens is 198 g/mol. The molecular formula is C13H19N3. The normalized spacial score (nSPS) is 20.3. The van der Waals surface area contributed by atoms with Gasteiger partial charge in [0.15, 0.2) is 6.29 Å². The minimum atomic E-state index is 0.272. The van der Waals surface area contributed by atoms with Gasteiger partial charge in [0.1, 0.15) is 0 Å². The first-order valence-electron chi connectivity index (χ1n) is 5.58. The molecule has 0 atom stereocenters. The molecule has 0 amide bonds. The van der Waals surface area contributed by atoms with Crippen molar-refractivity contribution in [1.82, 2.24) is 14.7 Å². The fourth-order valence-electron chi connectivity index (χ4n) is 2.16. The highest BCUT2D eigenvalue weighted by molar-refractivity contribution is 5.26. The van der Waals surface area contributed by atoms with Crippen LogP contribution in [-0.4, -0.2) is 42.1 Å². The molecule has 1 heterocycles. The first-order chi connectivity index (χ1) is 7.70. The van der Waals surface area contributed by atoms with E-state index in [1.807, 2.05) is 0 Å². The highest BCUT2D eigenvalue weighted by Gasteiger charge is 2.25. The first kappa shape index (κ1) is 10.9. The van der Waals surface area contributed by atoms with E-state index in [1.54, 1.807) is 0 Å². The zero-order chi connectivity index (χ0) is 11.5. The van der Waals surface area contributed by atoms with E-state index in [4.69, 9.17) is 0 Å². The molecule has 0 aromatic heterocycles. The van der Waals surface area contributed by atoms with Crippen molar-refractivity contribution in [2.45, 2.75) is 12.7 Å². The van der Waals surface area contributed by atoms with Gasteiger partial charge in [0.2, 0.25) is 0 Å². The van der Waals surface area contributed by atoms with E-state index in [9.17, 15) is 0 Å². The molecule has 0 radical (unpaired) electrons. The third-order valence-corrected chi connectivity index (χ3v) is 3.00. The highest BCUT2D eigenvalue weighted by atomic mass is 15.5. The molecule has 0 saturated carbocycles. The van der Waals surface area contributed by atoms with Crippen LogP contribution in [0.4, 0.5) is 0 Å². The average Bonchev–Trinajstić information content (AvgIpc) is 2.51. The Morgan fingerprint density at radius 1 is 1.19 bits per heavy atom. The maximum atomic E-state index is 2.28. The SMILES string of the molecule is CN1C=CN(C)C1N(C)C1=CCC=CC=C1. The van der Waals surface area contributed by atoms with Gasteiger partial charge in [0, 0.05) is 39.2 Å². The van der Waals surface area contributed by atoms with Crippen molar-refractivity contribution in [2.24, 2.45) is 0 Å². The second-order valence-corrected chi connectivity index (χ2v) is 4.24. The molecule has 2 aliphatic rings. The van der Waals surface area contributed by atoms with Crippen LogP contribution in [0, 0.1) is 0 Å². The predicted molar refractivity (Wildman–Crippen MR) is 67.2 cm³/mol. The van der Waals surface area contributed by atoms with E-state index in [2.05, 4.69) is 78.6 Å². The van der Waals surface area contributed by atoms with E-state index in [-0.39, 0.29) is 6.29 Å². The molecule has 0 bridgehead atoms.